The Morgan fingerprint density at radius 2 is 2.20 bits per heavy atom. The van der Waals surface area contributed by atoms with Crippen molar-refractivity contribution in [3.05, 3.63) is 29.3 Å². The molecule has 1 aromatic rings. The lowest BCUT2D eigenvalue weighted by atomic mass is 9.82. The van der Waals surface area contributed by atoms with Crippen molar-refractivity contribution in [2.75, 3.05) is 13.7 Å². The number of hydrogen-bond acceptors (Lipinski definition) is 4. The average molecular weight is 278 g/mol. The maximum Gasteiger partial charge on any atom is 0.343 e. The molecule has 20 heavy (non-hydrogen) atoms. The summed E-state index contributed by atoms with van der Waals surface area (Å²) in [6.07, 6.45) is 2.56. The summed E-state index contributed by atoms with van der Waals surface area (Å²) in [4.78, 5) is 21.9. The number of aliphatic carboxylic acids is 1. The number of carbonyl (C=O) groups excluding carboxylic acids is 1. The predicted molar refractivity (Wildman–Crippen MR) is 71.7 cm³/mol. The Morgan fingerprint density at radius 1 is 1.40 bits per heavy atom. The molecule has 108 valence electrons. The predicted octanol–water partition coefficient (Wildman–Crippen LogP) is 1.82. The number of carboxylic acids is 1. The molecule has 0 aliphatic heterocycles. The Hall–Kier alpha value is -2.04. The molecule has 1 aliphatic carbocycles. The van der Waals surface area contributed by atoms with Gasteiger partial charge in [-0.05, 0) is 42.4 Å². The summed E-state index contributed by atoms with van der Waals surface area (Å²) in [5, 5.41) is 8.86. The highest BCUT2D eigenvalue weighted by molar-refractivity contribution is 5.71. The minimum Gasteiger partial charge on any atom is -0.482 e. The van der Waals surface area contributed by atoms with Crippen LogP contribution in [0, 0.1) is 5.92 Å². The van der Waals surface area contributed by atoms with E-state index >= 15 is 0 Å². The summed E-state index contributed by atoms with van der Waals surface area (Å²) < 4.78 is 10.0. The second-order valence-corrected chi connectivity index (χ2v) is 4.97. The van der Waals surface area contributed by atoms with E-state index in [1.54, 1.807) is 0 Å². The average Bonchev–Trinajstić information content (AvgIpc) is 2.43. The van der Waals surface area contributed by atoms with Crippen molar-refractivity contribution in [1.82, 2.24) is 0 Å². The van der Waals surface area contributed by atoms with Crippen LogP contribution < -0.4 is 4.74 Å². The lowest BCUT2D eigenvalue weighted by Crippen LogP contribution is -2.19. The van der Waals surface area contributed by atoms with Crippen molar-refractivity contribution in [1.29, 1.82) is 0 Å². The minimum atomic E-state index is -0.753. The third-order valence-electron chi connectivity index (χ3n) is 3.58. The summed E-state index contributed by atoms with van der Waals surface area (Å²) in [6.45, 7) is -0.106. The zero-order chi connectivity index (χ0) is 14.5. The smallest absolute Gasteiger partial charge is 0.343 e. The number of rotatable bonds is 5. The Bertz CT molecular complexity index is 509. The fraction of sp³-hybridized carbons (Fsp3) is 0.467. The molecule has 2 rings (SSSR count). The highest BCUT2D eigenvalue weighted by atomic mass is 16.6. The van der Waals surface area contributed by atoms with Gasteiger partial charge in [0.2, 0.25) is 0 Å². The van der Waals surface area contributed by atoms with Gasteiger partial charge in [0.15, 0.2) is 6.61 Å². The monoisotopic (exact) mass is 278 g/mol. The molecule has 1 atom stereocenters. The topological polar surface area (TPSA) is 72.8 Å². The molecule has 1 unspecified atom stereocenters. The van der Waals surface area contributed by atoms with Gasteiger partial charge in [0.25, 0.3) is 0 Å². The highest BCUT2D eigenvalue weighted by Gasteiger charge is 2.23. The summed E-state index contributed by atoms with van der Waals surface area (Å²) >= 11 is 0. The lowest BCUT2D eigenvalue weighted by Gasteiger charge is -2.25. The first kappa shape index (κ1) is 14.4. The van der Waals surface area contributed by atoms with Crippen LogP contribution in [0.5, 0.6) is 5.75 Å². The fourth-order valence-corrected chi connectivity index (χ4v) is 2.60. The van der Waals surface area contributed by atoms with Crippen LogP contribution in [0.2, 0.25) is 0 Å². The quantitative estimate of drug-likeness (QED) is 0.832. The Morgan fingerprint density at radius 3 is 2.90 bits per heavy atom. The molecular weight excluding hydrogens is 260 g/mol. The van der Waals surface area contributed by atoms with Gasteiger partial charge in [0, 0.05) is 6.42 Å². The second-order valence-electron chi connectivity index (χ2n) is 4.97. The van der Waals surface area contributed by atoms with E-state index in [0.29, 0.717) is 5.75 Å². The van der Waals surface area contributed by atoms with Crippen LogP contribution in [0.3, 0.4) is 0 Å². The van der Waals surface area contributed by atoms with Crippen LogP contribution in [-0.2, 0) is 27.2 Å². The van der Waals surface area contributed by atoms with E-state index in [0.717, 1.165) is 30.4 Å². The van der Waals surface area contributed by atoms with Gasteiger partial charge >= 0.3 is 11.9 Å². The van der Waals surface area contributed by atoms with E-state index in [9.17, 15) is 9.59 Å². The number of hydrogen-bond donors (Lipinski definition) is 1. The molecule has 0 heterocycles. The van der Waals surface area contributed by atoms with E-state index in [1.807, 2.05) is 18.2 Å². The Balaban J connectivity index is 2.08. The SMILES string of the molecule is COC(=O)COc1cccc2c1CCC(CC(=O)O)C2. The second kappa shape index (κ2) is 6.41. The number of carbonyl (C=O) groups is 2. The van der Waals surface area contributed by atoms with Crippen molar-refractivity contribution in [2.45, 2.75) is 25.7 Å². The number of fused-ring (bicyclic) bond motifs is 1. The molecule has 0 radical (unpaired) electrons. The van der Waals surface area contributed by atoms with Crippen LogP contribution in [0.1, 0.15) is 24.0 Å². The third-order valence-corrected chi connectivity index (χ3v) is 3.58. The lowest BCUT2D eigenvalue weighted by molar-refractivity contribution is -0.143. The molecule has 1 N–H and O–H groups in total. The van der Waals surface area contributed by atoms with Gasteiger partial charge < -0.3 is 14.6 Å². The summed E-state index contributed by atoms with van der Waals surface area (Å²) in [6, 6.07) is 5.70. The van der Waals surface area contributed by atoms with Gasteiger partial charge in [-0.25, -0.2) is 4.79 Å². The zero-order valence-electron chi connectivity index (χ0n) is 11.4. The van der Waals surface area contributed by atoms with Crippen molar-refractivity contribution in [2.24, 2.45) is 5.92 Å². The van der Waals surface area contributed by atoms with Crippen molar-refractivity contribution in [3.63, 3.8) is 0 Å². The largest absolute Gasteiger partial charge is 0.482 e. The van der Waals surface area contributed by atoms with Crippen LogP contribution in [0.4, 0.5) is 0 Å². The molecular formula is C15H18O5. The molecule has 0 aromatic heterocycles. The van der Waals surface area contributed by atoms with Crippen molar-refractivity contribution < 1.29 is 24.2 Å². The fourth-order valence-electron chi connectivity index (χ4n) is 2.60. The molecule has 0 spiro atoms. The number of benzene rings is 1. The first-order valence-electron chi connectivity index (χ1n) is 6.62. The summed E-state index contributed by atoms with van der Waals surface area (Å²) in [7, 11) is 1.32. The van der Waals surface area contributed by atoms with Crippen LogP contribution in [-0.4, -0.2) is 30.8 Å². The molecule has 0 amide bonds. The van der Waals surface area contributed by atoms with E-state index in [1.165, 1.54) is 7.11 Å². The maximum absolute atomic E-state index is 11.1. The Labute approximate surface area is 117 Å². The van der Waals surface area contributed by atoms with Gasteiger partial charge in [0.05, 0.1) is 7.11 Å². The molecule has 0 bridgehead atoms. The third kappa shape index (κ3) is 3.50. The number of carboxylic acid groups (broad SMARTS) is 1. The van der Waals surface area contributed by atoms with E-state index < -0.39 is 11.9 Å². The van der Waals surface area contributed by atoms with Crippen LogP contribution in [0.15, 0.2) is 18.2 Å². The van der Waals surface area contributed by atoms with Crippen LogP contribution in [0.25, 0.3) is 0 Å². The van der Waals surface area contributed by atoms with E-state index in [4.69, 9.17) is 9.84 Å². The standard InChI is InChI=1S/C15H18O5/c1-19-15(18)9-20-13-4-2-3-11-7-10(8-14(16)17)5-6-12(11)13/h2-4,10H,5-9H2,1H3,(H,16,17). The van der Waals surface area contributed by atoms with Gasteiger partial charge in [0.1, 0.15) is 5.75 Å². The maximum atomic E-state index is 11.1. The van der Waals surface area contributed by atoms with Crippen molar-refractivity contribution in [3.8, 4) is 5.75 Å². The summed E-state index contributed by atoms with van der Waals surface area (Å²) in [5.41, 5.74) is 2.20. The normalized spacial score (nSPS) is 17.1. The van der Waals surface area contributed by atoms with Crippen LogP contribution >= 0.6 is 0 Å². The molecule has 1 aromatic carbocycles. The summed E-state index contributed by atoms with van der Waals surface area (Å²) in [5.74, 6) is -0.295. The highest BCUT2D eigenvalue weighted by Crippen LogP contribution is 2.33. The molecule has 1 aliphatic rings. The number of esters is 1. The zero-order valence-corrected chi connectivity index (χ0v) is 11.4. The van der Waals surface area contributed by atoms with Gasteiger partial charge in [-0.3, -0.25) is 4.79 Å². The van der Waals surface area contributed by atoms with Gasteiger partial charge in [-0.1, -0.05) is 12.1 Å². The first-order chi connectivity index (χ1) is 9.60. The minimum absolute atomic E-state index is 0.106. The van der Waals surface area contributed by atoms with Gasteiger partial charge in [-0.2, -0.15) is 0 Å². The molecule has 0 saturated heterocycles. The molecule has 0 saturated carbocycles. The first-order valence-corrected chi connectivity index (χ1v) is 6.62. The molecule has 5 nitrogen and oxygen atoms in total. The van der Waals surface area contributed by atoms with E-state index in [-0.39, 0.29) is 18.9 Å². The van der Waals surface area contributed by atoms with Crippen molar-refractivity contribution >= 4 is 11.9 Å². The molecule has 0 fully saturated rings. The Kier molecular flexibility index (Phi) is 4.61. The number of methoxy groups -OCH3 is 1. The molecule has 5 heteroatoms. The van der Waals surface area contributed by atoms with Gasteiger partial charge in [-0.15, -0.1) is 0 Å². The van der Waals surface area contributed by atoms with E-state index in [2.05, 4.69) is 4.74 Å². The number of ether oxygens (including phenoxy) is 2.